The van der Waals surface area contributed by atoms with Crippen molar-refractivity contribution < 1.29 is 0 Å². The molecule has 1 aromatic carbocycles. The molecule has 96 valence electrons. The Balaban J connectivity index is 2.27. The number of thiophene rings is 1. The van der Waals surface area contributed by atoms with Crippen LogP contribution in [0.4, 0.5) is 0 Å². The van der Waals surface area contributed by atoms with Gasteiger partial charge in [-0.1, -0.05) is 36.8 Å². The number of benzene rings is 1. The van der Waals surface area contributed by atoms with Crippen LogP contribution >= 0.6 is 27.3 Å². The second kappa shape index (κ2) is 6.50. The van der Waals surface area contributed by atoms with Gasteiger partial charge in [-0.3, -0.25) is 0 Å². The number of rotatable bonds is 5. The van der Waals surface area contributed by atoms with Gasteiger partial charge in [0.05, 0.1) is 9.83 Å². The first kappa shape index (κ1) is 13.8. The van der Waals surface area contributed by atoms with Gasteiger partial charge in [0.15, 0.2) is 0 Å². The van der Waals surface area contributed by atoms with Gasteiger partial charge in [-0.2, -0.15) is 0 Å². The third-order valence-electron chi connectivity index (χ3n) is 2.89. The highest BCUT2D eigenvalue weighted by atomic mass is 79.9. The van der Waals surface area contributed by atoms with E-state index in [1.54, 1.807) is 11.3 Å². The van der Waals surface area contributed by atoms with Gasteiger partial charge in [0, 0.05) is 4.88 Å². The van der Waals surface area contributed by atoms with Crippen LogP contribution in [0.15, 0.2) is 40.2 Å². The van der Waals surface area contributed by atoms with Crippen LogP contribution in [0.25, 0.3) is 0 Å². The zero-order valence-electron chi connectivity index (χ0n) is 10.7. The number of hydrogen-bond donors (Lipinski definition) is 1. The molecule has 0 aliphatic carbocycles. The van der Waals surface area contributed by atoms with Crippen molar-refractivity contribution in [3.8, 4) is 0 Å². The molecule has 0 aliphatic heterocycles. The lowest BCUT2D eigenvalue weighted by Gasteiger charge is -2.17. The maximum absolute atomic E-state index is 3.62. The maximum Gasteiger partial charge on any atom is 0.0702 e. The quantitative estimate of drug-likeness (QED) is 0.824. The van der Waals surface area contributed by atoms with E-state index < -0.39 is 0 Å². The summed E-state index contributed by atoms with van der Waals surface area (Å²) in [4.78, 5) is 1.36. The van der Waals surface area contributed by atoms with E-state index >= 15 is 0 Å². The lowest BCUT2D eigenvalue weighted by atomic mass is 10.0. The summed E-state index contributed by atoms with van der Waals surface area (Å²) in [6, 6.07) is 13.4. The third kappa shape index (κ3) is 3.44. The fourth-order valence-corrected chi connectivity index (χ4v) is 3.44. The van der Waals surface area contributed by atoms with Gasteiger partial charge < -0.3 is 5.32 Å². The van der Waals surface area contributed by atoms with Crippen LogP contribution in [0.5, 0.6) is 0 Å². The lowest BCUT2D eigenvalue weighted by Crippen LogP contribution is -2.22. The molecule has 1 nitrogen and oxygen atoms in total. The summed E-state index contributed by atoms with van der Waals surface area (Å²) < 4.78 is 1.19. The van der Waals surface area contributed by atoms with Gasteiger partial charge >= 0.3 is 0 Å². The molecular weight excluding hydrogens is 306 g/mol. The monoisotopic (exact) mass is 323 g/mol. The molecular formula is C15H18BrNS. The highest BCUT2D eigenvalue weighted by Crippen LogP contribution is 2.31. The molecule has 1 N–H and O–H groups in total. The average Bonchev–Trinajstić information content (AvgIpc) is 2.78. The van der Waals surface area contributed by atoms with Gasteiger partial charge in [0.25, 0.3) is 0 Å². The zero-order valence-corrected chi connectivity index (χ0v) is 13.1. The van der Waals surface area contributed by atoms with Crippen LogP contribution in [0.2, 0.25) is 0 Å². The van der Waals surface area contributed by atoms with Gasteiger partial charge in [-0.15, -0.1) is 11.3 Å². The molecule has 0 radical (unpaired) electrons. The van der Waals surface area contributed by atoms with E-state index in [4.69, 9.17) is 0 Å². The summed E-state index contributed by atoms with van der Waals surface area (Å²) in [5.41, 5.74) is 2.64. The minimum Gasteiger partial charge on any atom is -0.306 e. The number of halogens is 1. The SMILES string of the molecule is CCCNC(c1ccc(C)cc1)c1ccc(Br)s1. The van der Waals surface area contributed by atoms with Crippen molar-refractivity contribution in [1.29, 1.82) is 0 Å². The number of aryl methyl sites for hydroxylation is 1. The van der Waals surface area contributed by atoms with Crippen LogP contribution < -0.4 is 5.32 Å². The molecule has 1 atom stereocenters. The van der Waals surface area contributed by atoms with E-state index in [1.165, 1.54) is 19.8 Å². The van der Waals surface area contributed by atoms with Crippen LogP contribution in [0, 0.1) is 6.92 Å². The van der Waals surface area contributed by atoms with Crippen LogP contribution in [-0.2, 0) is 0 Å². The van der Waals surface area contributed by atoms with Crippen molar-refractivity contribution in [2.45, 2.75) is 26.3 Å². The average molecular weight is 324 g/mol. The van der Waals surface area contributed by atoms with Gasteiger partial charge in [0.2, 0.25) is 0 Å². The van der Waals surface area contributed by atoms with Crippen molar-refractivity contribution in [3.63, 3.8) is 0 Å². The summed E-state index contributed by atoms with van der Waals surface area (Å²) >= 11 is 5.34. The van der Waals surface area contributed by atoms with Crippen LogP contribution in [-0.4, -0.2) is 6.54 Å². The normalized spacial score (nSPS) is 12.6. The Morgan fingerprint density at radius 1 is 1.17 bits per heavy atom. The Kier molecular flexibility index (Phi) is 4.98. The Hall–Kier alpha value is -0.640. The summed E-state index contributed by atoms with van der Waals surface area (Å²) in [6.45, 7) is 5.36. The Labute approximate surface area is 121 Å². The fourth-order valence-electron chi connectivity index (χ4n) is 1.91. The fraction of sp³-hybridized carbons (Fsp3) is 0.333. The van der Waals surface area contributed by atoms with E-state index in [1.807, 2.05) is 0 Å². The molecule has 0 bridgehead atoms. The lowest BCUT2D eigenvalue weighted by molar-refractivity contribution is 0.606. The Morgan fingerprint density at radius 3 is 2.44 bits per heavy atom. The largest absolute Gasteiger partial charge is 0.306 e. The molecule has 0 aliphatic rings. The first-order chi connectivity index (χ1) is 8.70. The molecule has 2 rings (SSSR count). The van der Waals surface area contributed by atoms with Crippen LogP contribution in [0.1, 0.15) is 35.4 Å². The topological polar surface area (TPSA) is 12.0 Å². The van der Waals surface area contributed by atoms with Crippen LogP contribution in [0.3, 0.4) is 0 Å². The number of hydrogen-bond acceptors (Lipinski definition) is 2. The molecule has 0 spiro atoms. The molecule has 0 amide bonds. The summed E-state index contributed by atoms with van der Waals surface area (Å²) in [5, 5.41) is 3.62. The second-order valence-corrected chi connectivity index (χ2v) is 6.93. The summed E-state index contributed by atoms with van der Waals surface area (Å²) in [6.07, 6.45) is 1.15. The number of nitrogens with one attached hydrogen (secondary N) is 1. The van der Waals surface area contributed by atoms with Crippen molar-refractivity contribution in [2.24, 2.45) is 0 Å². The van der Waals surface area contributed by atoms with Crippen molar-refractivity contribution in [1.82, 2.24) is 5.32 Å². The predicted octanol–water partition coefficient (Wildman–Crippen LogP) is 4.91. The molecule has 1 aromatic heterocycles. The first-order valence-corrected chi connectivity index (χ1v) is 7.87. The second-order valence-electron chi connectivity index (χ2n) is 4.44. The van der Waals surface area contributed by atoms with Crippen molar-refractivity contribution in [2.75, 3.05) is 6.54 Å². The minimum absolute atomic E-state index is 0.307. The van der Waals surface area contributed by atoms with E-state index in [0.29, 0.717) is 6.04 Å². The highest BCUT2D eigenvalue weighted by molar-refractivity contribution is 9.11. The minimum atomic E-state index is 0.307. The Bertz CT molecular complexity index is 489. The van der Waals surface area contributed by atoms with Gasteiger partial charge in [0.1, 0.15) is 0 Å². The van der Waals surface area contributed by atoms with E-state index in [2.05, 4.69) is 71.5 Å². The molecule has 18 heavy (non-hydrogen) atoms. The van der Waals surface area contributed by atoms with E-state index in [9.17, 15) is 0 Å². The van der Waals surface area contributed by atoms with Crippen molar-refractivity contribution >= 4 is 27.3 Å². The smallest absolute Gasteiger partial charge is 0.0702 e. The predicted molar refractivity (Wildman–Crippen MR) is 83.3 cm³/mol. The Morgan fingerprint density at radius 2 is 1.89 bits per heavy atom. The van der Waals surface area contributed by atoms with Crippen molar-refractivity contribution in [3.05, 3.63) is 56.2 Å². The standard InChI is InChI=1S/C15H18BrNS/c1-3-10-17-15(13-8-9-14(16)18-13)12-6-4-11(2)5-7-12/h4-9,15,17H,3,10H2,1-2H3. The van der Waals surface area contributed by atoms with Gasteiger partial charge in [-0.25, -0.2) is 0 Å². The zero-order chi connectivity index (χ0) is 13.0. The van der Waals surface area contributed by atoms with Gasteiger partial charge in [-0.05, 0) is 53.5 Å². The molecule has 3 heteroatoms. The molecule has 0 saturated carbocycles. The third-order valence-corrected chi connectivity index (χ3v) is 4.58. The summed E-state index contributed by atoms with van der Waals surface area (Å²) in [7, 11) is 0. The molecule has 0 fully saturated rings. The molecule has 0 saturated heterocycles. The maximum atomic E-state index is 3.62. The molecule has 2 aromatic rings. The molecule has 1 heterocycles. The van der Waals surface area contributed by atoms with E-state index in [0.717, 1.165) is 13.0 Å². The molecule has 1 unspecified atom stereocenters. The highest BCUT2D eigenvalue weighted by Gasteiger charge is 2.14. The summed E-state index contributed by atoms with van der Waals surface area (Å²) in [5.74, 6) is 0. The first-order valence-electron chi connectivity index (χ1n) is 6.26. The van der Waals surface area contributed by atoms with E-state index in [-0.39, 0.29) is 0 Å².